The van der Waals surface area contributed by atoms with Gasteiger partial charge in [0.25, 0.3) is 0 Å². The zero-order valence-electron chi connectivity index (χ0n) is 7.08. The maximum absolute atomic E-state index is 10.6. The molecule has 0 aliphatic carbocycles. The summed E-state index contributed by atoms with van der Waals surface area (Å²) in [6, 6.07) is 5.16. The zero-order chi connectivity index (χ0) is 9.84. The molecule has 0 saturated heterocycles. The van der Waals surface area contributed by atoms with Crippen molar-refractivity contribution in [1.29, 1.82) is 0 Å². The minimum atomic E-state index is -1.88. The molecule has 1 aromatic carbocycles. The Kier molecular flexibility index (Phi) is 4.19. The third-order valence-corrected chi connectivity index (χ3v) is 7.52. The van der Waals surface area contributed by atoms with Crippen LogP contribution in [0.15, 0.2) is 22.7 Å². The first-order valence-corrected chi connectivity index (χ1v) is 9.49. The Morgan fingerprint density at radius 1 is 1.62 bits per heavy atom. The van der Waals surface area contributed by atoms with Gasteiger partial charge in [-0.1, -0.05) is 0 Å². The van der Waals surface area contributed by atoms with Crippen LogP contribution >= 0.6 is 15.9 Å². The van der Waals surface area contributed by atoms with Crippen LogP contribution in [0, 0.1) is 0 Å². The molecule has 0 radical (unpaired) electrons. The Bertz CT molecular complexity index is 327. The molecule has 66 valence electrons. The van der Waals surface area contributed by atoms with Gasteiger partial charge in [-0.15, -0.1) is 0 Å². The second-order valence-electron chi connectivity index (χ2n) is 2.55. The summed E-state index contributed by atoms with van der Waals surface area (Å²) in [6.45, 7) is 1.38. The van der Waals surface area contributed by atoms with Gasteiger partial charge < -0.3 is 0 Å². The number of carbonyl (C=O) groups is 1. The summed E-state index contributed by atoms with van der Waals surface area (Å²) < 4.78 is 6.67. The van der Waals surface area contributed by atoms with E-state index in [1.54, 1.807) is 18.2 Å². The fourth-order valence-electron chi connectivity index (χ4n) is 0.849. The molecule has 0 unspecified atom stereocenters. The van der Waals surface area contributed by atoms with Gasteiger partial charge in [-0.05, 0) is 0 Å². The van der Waals surface area contributed by atoms with E-state index in [9.17, 15) is 9.90 Å². The van der Waals surface area contributed by atoms with E-state index in [1.807, 2.05) is 0 Å². The minimum absolute atomic E-state index is 0.228. The SMILES string of the molecule is CC(=O)[O][Hg][c]1cc(Br)ccc1O. The Balaban J connectivity index is 2.75. The molecule has 5 heteroatoms. The summed E-state index contributed by atoms with van der Waals surface area (Å²) in [6.07, 6.45) is 0. The van der Waals surface area contributed by atoms with Crippen molar-refractivity contribution < 1.29 is 37.6 Å². The van der Waals surface area contributed by atoms with E-state index in [0.717, 1.165) is 7.54 Å². The summed E-state index contributed by atoms with van der Waals surface area (Å²) in [4.78, 5) is 10.6. The molecule has 3 nitrogen and oxygen atoms in total. The van der Waals surface area contributed by atoms with Crippen LogP contribution in [0.25, 0.3) is 0 Å². The Hall–Kier alpha value is -0.0949. The van der Waals surface area contributed by atoms with Gasteiger partial charge in [0.1, 0.15) is 0 Å². The molecule has 0 saturated carbocycles. The number of aromatic hydroxyl groups is 1. The van der Waals surface area contributed by atoms with Crippen molar-refractivity contribution in [2.24, 2.45) is 0 Å². The number of carbonyl (C=O) groups excluding carboxylic acids is 1. The molecule has 0 fully saturated rings. The first-order valence-electron chi connectivity index (χ1n) is 3.70. The molecule has 0 bridgehead atoms. The Morgan fingerprint density at radius 3 is 2.92 bits per heavy atom. The van der Waals surface area contributed by atoms with Gasteiger partial charge in [0.2, 0.25) is 0 Å². The third kappa shape index (κ3) is 3.64. The number of phenolic OH excluding ortho intramolecular Hbond substituents is 1. The molecule has 0 aliphatic rings. The standard InChI is InChI=1S/C6H4BrO.C2H4O2.Hg/c7-5-1-3-6(8)4-2-5;1-2(3)4;/h1-3,8H;1H3,(H,3,4);/q;;+1/p-1. The van der Waals surface area contributed by atoms with Gasteiger partial charge in [0, 0.05) is 0 Å². The van der Waals surface area contributed by atoms with Crippen molar-refractivity contribution >= 4 is 25.0 Å². The second kappa shape index (κ2) is 4.95. The summed E-state index contributed by atoms with van der Waals surface area (Å²) in [5.41, 5.74) is 0. The predicted molar refractivity (Wildman–Crippen MR) is 47.2 cm³/mol. The third-order valence-electron chi connectivity index (χ3n) is 1.47. The molecular weight excluding hydrogens is 425 g/mol. The molecule has 1 aromatic rings. The molecule has 0 amide bonds. The Labute approximate surface area is 97.3 Å². The van der Waals surface area contributed by atoms with Crippen LogP contribution in [0.4, 0.5) is 0 Å². The van der Waals surface area contributed by atoms with Crippen LogP contribution in [0.2, 0.25) is 0 Å². The number of hydrogen-bond donors (Lipinski definition) is 1. The summed E-state index contributed by atoms with van der Waals surface area (Å²) >= 11 is 1.41. The van der Waals surface area contributed by atoms with Crippen LogP contribution in [-0.2, 0) is 32.5 Å². The van der Waals surface area contributed by atoms with Gasteiger partial charge in [-0.2, -0.15) is 0 Å². The van der Waals surface area contributed by atoms with Gasteiger partial charge in [0.05, 0.1) is 0 Å². The normalized spacial score (nSPS) is 9.08. The van der Waals surface area contributed by atoms with Crippen LogP contribution in [0.3, 0.4) is 0 Å². The maximum atomic E-state index is 10.6. The number of halogens is 1. The number of rotatable bonds is 2. The van der Waals surface area contributed by atoms with E-state index in [1.165, 1.54) is 6.92 Å². The van der Waals surface area contributed by atoms with Crippen molar-refractivity contribution in [3.8, 4) is 5.75 Å². The molecule has 13 heavy (non-hydrogen) atoms. The van der Waals surface area contributed by atoms with Crippen molar-refractivity contribution in [2.75, 3.05) is 0 Å². The quantitative estimate of drug-likeness (QED) is 0.719. The average molecular weight is 432 g/mol. The van der Waals surface area contributed by atoms with Gasteiger partial charge in [-0.25, -0.2) is 0 Å². The summed E-state index contributed by atoms with van der Waals surface area (Å²) in [7, 11) is 0. The van der Waals surface area contributed by atoms with Gasteiger partial charge in [-0.3, -0.25) is 0 Å². The first kappa shape index (κ1) is 11.0. The van der Waals surface area contributed by atoms with E-state index < -0.39 is 25.0 Å². The van der Waals surface area contributed by atoms with Crippen molar-refractivity contribution in [3.05, 3.63) is 22.7 Å². The predicted octanol–water partition coefficient (Wildman–Crippen LogP) is 1.34. The fourth-order valence-corrected chi connectivity index (χ4v) is 6.03. The molecule has 0 aromatic heterocycles. The average Bonchev–Trinajstić information content (AvgIpc) is 2.06. The topological polar surface area (TPSA) is 46.5 Å². The van der Waals surface area contributed by atoms with Crippen molar-refractivity contribution in [2.45, 2.75) is 6.92 Å². The molecule has 0 heterocycles. The van der Waals surface area contributed by atoms with Crippen LogP contribution in [-0.4, -0.2) is 11.1 Å². The number of hydrogen-bond acceptors (Lipinski definition) is 3. The first-order chi connectivity index (χ1) is 6.09. The van der Waals surface area contributed by atoms with Crippen LogP contribution in [0.5, 0.6) is 5.75 Å². The van der Waals surface area contributed by atoms with Crippen molar-refractivity contribution in [3.63, 3.8) is 0 Å². The number of benzene rings is 1. The van der Waals surface area contributed by atoms with Gasteiger partial charge in [0.15, 0.2) is 0 Å². The Morgan fingerprint density at radius 2 is 2.31 bits per heavy atom. The molecule has 0 aliphatic heterocycles. The fraction of sp³-hybridized carbons (Fsp3) is 0.125. The summed E-state index contributed by atoms with van der Waals surface area (Å²) in [5, 5.41) is 9.39. The molecule has 0 atom stereocenters. The monoisotopic (exact) mass is 432 g/mol. The van der Waals surface area contributed by atoms with Crippen LogP contribution < -0.4 is 3.07 Å². The van der Waals surface area contributed by atoms with E-state index >= 15 is 0 Å². The van der Waals surface area contributed by atoms with Crippen molar-refractivity contribution in [1.82, 2.24) is 0 Å². The molecular formula is C8H7BrHgO3. The molecule has 1 rings (SSSR count). The second-order valence-corrected chi connectivity index (χ2v) is 8.67. The van der Waals surface area contributed by atoms with Gasteiger partial charge >= 0.3 is 97.9 Å². The van der Waals surface area contributed by atoms with E-state index in [4.69, 9.17) is 2.64 Å². The molecule has 1 N–H and O–H groups in total. The van der Waals surface area contributed by atoms with Crippen LogP contribution in [0.1, 0.15) is 6.92 Å². The zero-order valence-corrected chi connectivity index (χ0v) is 14.2. The van der Waals surface area contributed by atoms with E-state index in [2.05, 4.69) is 15.9 Å². The number of phenols is 1. The van der Waals surface area contributed by atoms with E-state index in [-0.39, 0.29) is 11.7 Å². The van der Waals surface area contributed by atoms with E-state index in [0.29, 0.717) is 0 Å². The molecule has 0 spiro atoms. The summed E-state index contributed by atoms with van der Waals surface area (Å²) in [5.74, 6) is -0.0350.